The van der Waals surface area contributed by atoms with Crippen LogP contribution in [0.3, 0.4) is 0 Å². The maximum atomic E-state index is 9.25. The summed E-state index contributed by atoms with van der Waals surface area (Å²) in [6.07, 6.45) is 0. The number of aliphatic hydroxyl groups is 2. The molecule has 1 rings (SSSR count). The van der Waals surface area contributed by atoms with Crippen molar-refractivity contribution < 1.29 is 15.3 Å². The fourth-order valence-corrected chi connectivity index (χ4v) is 0.827. The van der Waals surface area contributed by atoms with E-state index in [1.54, 1.807) is 0 Å². The van der Waals surface area contributed by atoms with Gasteiger partial charge in [-0.05, 0) is 18.2 Å². The third-order valence-electron chi connectivity index (χ3n) is 1.46. The quantitative estimate of drug-likeness (QED) is 0.568. The van der Waals surface area contributed by atoms with Gasteiger partial charge in [0, 0.05) is 11.1 Å². The number of rotatable bonds is 2. The molecule has 0 saturated carbocycles. The molecule has 0 fully saturated rings. The van der Waals surface area contributed by atoms with Gasteiger partial charge in [-0.25, -0.2) is 0 Å². The molecule has 0 heterocycles. The molecule has 59 valence electrons. The molecular formula is C8H9O3. The maximum Gasteiger partial charge on any atom is 0.126 e. The maximum absolute atomic E-state index is 9.25. The Bertz CT molecular complexity index is 223. The largest absolute Gasteiger partial charge is 0.507 e. The molecule has 0 atom stereocenters. The highest BCUT2D eigenvalue weighted by Crippen LogP contribution is 2.21. The van der Waals surface area contributed by atoms with E-state index in [2.05, 4.69) is 6.07 Å². The van der Waals surface area contributed by atoms with Gasteiger partial charge in [0.25, 0.3) is 0 Å². The third kappa shape index (κ3) is 1.50. The molecule has 0 bridgehead atoms. The second kappa shape index (κ2) is 3.37. The normalized spacial score (nSPS) is 10.0. The van der Waals surface area contributed by atoms with Gasteiger partial charge in [-0.3, -0.25) is 0 Å². The van der Waals surface area contributed by atoms with Gasteiger partial charge in [-0.2, -0.15) is 0 Å². The van der Waals surface area contributed by atoms with E-state index in [1.807, 2.05) is 0 Å². The highest BCUT2D eigenvalue weighted by atomic mass is 16.3. The first-order valence-electron chi connectivity index (χ1n) is 3.22. The number of aliphatic hydroxyl groups excluding tert-OH is 2. The molecule has 11 heavy (non-hydrogen) atoms. The Morgan fingerprint density at radius 1 is 1.09 bits per heavy atom. The number of benzene rings is 1. The van der Waals surface area contributed by atoms with Gasteiger partial charge in [0.05, 0.1) is 13.2 Å². The molecule has 1 radical (unpaired) electrons. The van der Waals surface area contributed by atoms with Crippen molar-refractivity contribution in [3.8, 4) is 5.75 Å². The summed E-state index contributed by atoms with van der Waals surface area (Å²) in [5.74, 6) is -0.0475. The Balaban J connectivity index is 3.10. The van der Waals surface area contributed by atoms with E-state index in [1.165, 1.54) is 12.1 Å². The van der Waals surface area contributed by atoms with E-state index in [4.69, 9.17) is 10.2 Å². The van der Waals surface area contributed by atoms with E-state index in [0.717, 1.165) is 0 Å². The van der Waals surface area contributed by atoms with Crippen molar-refractivity contribution in [1.29, 1.82) is 0 Å². The van der Waals surface area contributed by atoms with E-state index in [-0.39, 0.29) is 19.0 Å². The molecule has 0 saturated heterocycles. The lowest BCUT2D eigenvalue weighted by Gasteiger charge is -2.03. The molecule has 3 nitrogen and oxygen atoms in total. The van der Waals surface area contributed by atoms with Crippen LogP contribution < -0.4 is 0 Å². The SMILES string of the molecule is OCc1c[c]cc(CO)c1O. The van der Waals surface area contributed by atoms with Crippen LogP contribution in [0, 0.1) is 6.07 Å². The van der Waals surface area contributed by atoms with Crippen LogP contribution in [0.15, 0.2) is 12.1 Å². The Hall–Kier alpha value is -1.06. The Morgan fingerprint density at radius 2 is 1.55 bits per heavy atom. The van der Waals surface area contributed by atoms with Crippen molar-refractivity contribution in [2.45, 2.75) is 13.2 Å². The minimum atomic E-state index is -0.240. The lowest BCUT2D eigenvalue weighted by Crippen LogP contribution is -1.90. The van der Waals surface area contributed by atoms with Crippen molar-refractivity contribution in [2.75, 3.05) is 0 Å². The average Bonchev–Trinajstić information content (AvgIpc) is 2.05. The molecule has 0 unspecified atom stereocenters. The molecule has 1 aromatic rings. The van der Waals surface area contributed by atoms with Crippen LogP contribution in [-0.2, 0) is 13.2 Å². The smallest absolute Gasteiger partial charge is 0.126 e. The van der Waals surface area contributed by atoms with E-state index < -0.39 is 0 Å². The molecule has 0 spiro atoms. The van der Waals surface area contributed by atoms with Crippen LogP contribution in [0.25, 0.3) is 0 Å². The summed E-state index contributed by atoms with van der Waals surface area (Å²) >= 11 is 0. The first-order valence-corrected chi connectivity index (χ1v) is 3.22. The summed E-state index contributed by atoms with van der Waals surface area (Å²) in [7, 11) is 0. The van der Waals surface area contributed by atoms with Crippen molar-refractivity contribution in [2.24, 2.45) is 0 Å². The van der Waals surface area contributed by atoms with Gasteiger partial charge >= 0.3 is 0 Å². The number of hydrogen-bond acceptors (Lipinski definition) is 3. The predicted octanol–water partition coefficient (Wildman–Crippen LogP) is 0.177. The second-order valence-electron chi connectivity index (χ2n) is 2.17. The number of hydrogen-bond donors (Lipinski definition) is 3. The fraction of sp³-hybridized carbons (Fsp3) is 0.250. The zero-order valence-electron chi connectivity index (χ0n) is 5.91. The second-order valence-corrected chi connectivity index (χ2v) is 2.17. The van der Waals surface area contributed by atoms with Gasteiger partial charge in [0.2, 0.25) is 0 Å². The molecular weight excluding hydrogens is 144 g/mol. The lowest BCUT2D eigenvalue weighted by atomic mass is 10.1. The lowest BCUT2D eigenvalue weighted by molar-refractivity contribution is 0.263. The summed E-state index contributed by atoms with van der Waals surface area (Å²) in [6.45, 7) is -0.480. The standard InChI is InChI=1S/C8H9O3/c9-4-6-2-1-3-7(5-10)8(6)11/h2-3,9-11H,4-5H2. The fourth-order valence-electron chi connectivity index (χ4n) is 0.827. The van der Waals surface area contributed by atoms with Crippen molar-refractivity contribution in [3.63, 3.8) is 0 Å². The van der Waals surface area contributed by atoms with Crippen molar-refractivity contribution in [1.82, 2.24) is 0 Å². The van der Waals surface area contributed by atoms with Crippen LogP contribution in [0.4, 0.5) is 0 Å². The molecule has 1 aromatic carbocycles. The molecule has 0 aliphatic heterocycles. The summed E-state index contributed by atoms with van der Waals surface area (Å²) in [4.78, 5) is 0. The minimum Gasteiger partial charge on any atom is -0.507 e. The number of phenols is 1. The highest BCUT2D eigenvalue weighted by molar-refractivity contribution is 5.38. The zero-order chi connectivity index (χ0) is 8.27. The van der Waals surface area contributed by atoms with Crippen molar-refractivity contribution >= 4 is 0 Å². The van der Waals surface area contributed by atoms with Gasteiger partial charge in [-0.1, -0.05) is 0 Å². The summed E-state index contributed by atoms with van der Waals surface area (Å²) in [5.41, 5.74) is 0.771. The zero-order valence-corrected chi connectivity index (χ0v) is 5.91. The van der Waals surface area contributed by atoms with Crippen LogP contribution in [0.2, 0.25) is 0 Å². The molecule has 3 heteroatoms. The third-order valence-corrected chi connectivity index (χ3v) is 1.46. The van der Waals surface area contributed by atoms with Gasteiger partial charge in [0.1, 0.15) is 5.75 Å². The Kier molecular flexibility index (Phi) is 2.46. The molecule has 0 aliphatic rings. The first-order chi connectivity index (χ1) is 5.29. The average molecular weight is 153 g/mol. The van der Waals surface area contributed by atoms with E-state index >= 15 is 0 Å². The van der Waals surface area contributed by atoms with Crippen LogP contribution >= 0.6 is 0 Å². The predicted molar refractivity (Wildman–Crippen MR) is 38.8 cm³/mol. The van der Waals surface area contributed by atoms with E-state index in [9.17, 15) is 5.11 Å². The van der Waals surface area contributed by atoms with Crippen molar-refractivity contribution in [3.05, 3.63) is 29.3 Å². The van der Waals surface area contributed by atoms with Gasteiger partial charge in [0.15, 0.2) is 0 Å². The van der Waals surface area contributed by atoms with Gasteiger partial charge in [-0.15, -0.1) is 0 Å². The monoisotopic (exact) mass is 153 g/mol. The van der Waals surface area contributed by atoms with E-state index in [0.29, 0.717) is 11.1 Å². The summed E-state index contributed by atoms with van der Waals surface area (Å²) < 4.78 is 0. The van der Waals surface area contributed by atoms with Crippen LogP contribution in [-0.4, -0.2) is 15.3 Å². The first kappa shape index (κ1) is 8.04. The molecule has 3 N–H and O–H groups in total. The number of aromatic hydroxyl groups is 1. The summed E-state index contributed by atoms with van der Waals surface area (Å²) in [5, 5.41) is 26.6. The molecule has 0 aromatic heterocycles. The summed E-state index contributed by atoms with van der Waals surface area (Å²) in [6, 6.07) is 5.65. The van der Waals surface area contributed by atoms with Gasteiger partial charge < -0.3 is 15.3 Å². The minimum absolute atomic E-state index is 0.0475. The molecule has 0 amide bonds. The Labute approximate surface area is 64.5 Å². The van der Waals surface area contributed by atoms with Crippen LogP contribution in [0.1, 0.15) is 11.1 Å². The Morgan fingerprint density at radius 3 is 1.91 bits per heavy atom. The van der Waals surface area contributed by atoms with Crippen LogP contribution in [0.5, 0.6) is 5.75 Å². The molecule has 0 aliphatic carbocycles. The topological polar surface area (TPSA) is 60.7 Å². The highest BCUT2D eigenvalue weighted by Gasteiger charge is 2.03.